The molecule has 0 atom stereocenters. The molecule has 0 aliphatic carbocycles. The van der Waals surface area contributed by atoms with Crippen molar-refractivity contribution in [3.63, 3.8) is 0 Å². The van der Waals surface area contributed by atoms with E-state index in [1.54, 1.807) is 29.4 Å². The van der Waals surface area contributed by atoms with Crippen molar-refractivity contribution in [2.75, 3.05) is 6.61 Å². The number of thioether (sulfide) groups is 1. The molecule has 0 radical (unpaired) electrons. The van der Waals surface area contributed by atoms with E-state index >= 15 is 0 Å². The summed E-state index contributed by atoms with van der Waals surface area (Å²) >= 11 is 3.48. The van der Waals surface area contributed by atoms with E-state index in [4.69, 9.17) is 9.52 Å². The first kappa shape index (κ1) is 13.3. The average Bonchev–Trinajstić information content (AvgIpc) is 2.96. The molecule has 94 valence electrons. The fourth-order valence-electron chi connectivity index (χ4n) is 1.44. The molecule has 0 saturated heterocycles. The summed E-state index contributed by atoms with van der Waals surface area (Å²) in [4.78, 5) is 2.45. The maximum atomic E-state index is 8.71. The van der Waals surface area contributed by atoms with Crippen LogP contribution in [0.15, 0.2) is 33.1 Å². The zero-order valence-corrected chi connectivity index (χ0v) is 11.7. The maximum absolute atomic E-state index is 8.71. The summed E-state index contributed by atoms with van der Waals surface area (Å²) in [6, 6.07) is 4.03. The van der Waals surface area contributed by atoms with Crippen molar-refractivity contribution in [2.45, 2.75) is 24.0 Å². The molecule has 0 bridgehead atoms. The van der Waals surface area contributed by atoms with Gasteiger partial charge < -0.3 is 9.52 Å². The summed E-state index contributed by atoms with van der Waals surface area (Å²) in [6.07, 6.45) is 2.25. The fraction of sp³-hybridized carbons (Fsp3) is 0.286. The van der Waals surface area contributed by atoms with E-state index in [0.717, 1.165) is 17.1 Å². The smallest absolute Gasteiger partial charge is 0.114 e. The van der Waals surface area contributed by atoms with Crippen molar-refractivity contribution in [1.82, 2.24) is 0 Å². The number of furan rings is 1. The zero-order valence-electron chi connectivity index (χ0n) is 10.1. The van der Waals surface area contributed by atoms with Gasteiger partial charge in [-0.2, -0.15) is 0 Å². The summed E-state index contributed by atoms with van der Waals surface area (Å²) in [5.41, 5.74) is 1.07. The Kier molecular flexibility index (Phi) is 4.94. The van der Waals surface area contributed by atoms with E-state index in [1.807, 2.05) is 19.1 Å². The minimum Gasteiger partial charge on any atom is -0.468 e. The molecule has 4 heteroatoms. The second-order valence-corrected chi connectivity index (χ2v) is 5.68. The Morgan fingerprint density at radius 1 is 1.44 bits per heavy atom. The van der Waals surface area contributed by atoms with Gasteiger partial charge in [0.05, 0.1) is 12.9 Å². The van der Waals surface area contributed by atoms with Crippen LogP contribution in [-0.2, 0) is 5.75 Å². The van der Waals surface area contributed by atoms with Gasteiger partial charge in [0.2, 0.25) is 0 Å². The number of thiophene rings is 1. The Morgan fingerprint density at radius 2 is 2.33 bits per heavy atom. The molecule has 2 aromatic heterocycles. The number of hydrogen-bond acceptors (Lipinski definition) is 4. The lowest BCUT2D eigenvalue weighted by Gasteiger charge is -1.98. The van der Waals surface area contributed by atoms with Gasteiger partial charge in [0.25, 0.3) is 0 Å². The minimum atomic E-state index is 0.120. The molecule has 2 heterocycles. The van der Waals surface area contributed by atoms with Gasteiger partial charge in [-0.15, -0.1) is 23.1 Å². The van der Waals surface area contributed by atoms with Crippen LogP contribution in [0.4, 0.5) is 0 Å². The normalized spacial score (nSPS) is 10.1. The van der Waals surface area contributed by atoms with Crippen molar-refractivity contribution in [2.24, 2.45) is 0 Å². The first-order chi connectivity index (χ1) is 8.81. The number of aryl methyl sites for hydroxylation is 1. The third kappa shape index (κ3) is 3.42. The van der Waals surface area contributed by atoms with Crippen LogP contribution in [0.5, 0.6) is 0 Å². The van der Waals surface area contributed by atoms with Crippen LogP contribution in [-0.4, -0.2) is 11.7 Å². The summed E-state index contributed by atoms with van der Waals surface area (Å²) in [5, 5.41) is 10.8. The third-order valence-corrected chi connectivity index (χ3v) is 4.65. The van der Waals surface area contributed by atoms with Gasteiger partial charge in [-0.25, -0.2) is 0 Å². The quantitative estimate of drug-likeness (QED) is 0.684. The van der Waals surface area contributed by atoms with Gasteiger partial charge in [0.15, 0.2) is 0 Å². The number of aliphatic hydroxyl groups excluding tert-OH is 1. The summed E-state index contributed by atoms with van der Waals surface area (Å²) in [6.45, 7) is 2.09. The van der Waals surface area contributed by atoms with Crippen LogP contribution in [0.1, 0.15) is 22.6 Å². The SMILES string of the molecule is Cc1occc1SCc1sccc1C#CCCO. The monoisotopic (exact) mass is 278 g/mol. The highest BCUT2D eigenvalue weighted by molar-refractivity contribution is 7.98. The first-order valence-electron chi connectivity index (χ1n) is 5.64. The van der Waals surface area contributed by atoms with Crippen LogP contribution in [0.3, 0.4) is 0 Å². The van der Waals surface area contributed by atoms with Gasteiger partial charge in [-0.1, -0.05) is 11.8 Å². The summed E-state index contributed by atoms with van der Waals surface area (Å²) < 4.78 is 5.27. The number of rotatable bonds is 4. The molecule has 2 rings (SSSR count). The molecule has 0 aliphatic rings. The predicted octanol–water partition coefficient (Wildman–Crippen LogP) is 3.68. The highest BCUT2D eigenvalue weighted by Crippen LogP contribution is 2.29. The largest absolute Gasteiger partial charge is 0.468 e. The molecule has 0 aliphatic heterocycles. The summed E-state index contributed by atoms with van der Waals surface area (Å²) in [7, 11) is 0. The third-order valence-electron chi connectivity index (χ3n) is 2.38. The van der Waals surface area contributed by atoms with Crippen LogP contribution in [0, 0.1) is 18.8 Å². The van der Waals surface area contributed by atoms with Crippen LogP contribution in [0.25, 0.3) is 0 Å². The lowest BCUT2D eigenvalue weighted by molar-refractivity contribution is 0.305. The van der Waals surface area contributed by atoms with Gasteiger partial charge in [0.1, 0.15) is 5.76 Å². The minimum absolute atomic E-state index is 0.120. The summed E-state index contributed by atoms with van der Waals surface area (Å²) in [5.74, 6) is 7.93. The number of hydrogen-bond donors (Lipinski definition) is 1. The van der Waals surface area contributed by atoms with Crippen molar-refractivity contribution in [3.05, 3.63) is 40.0 Å². The molecular weight excluding hydrogens is 264 g/mol. The lowest BCUT2D eigenvalue weighted by Crippen LogP contribution is -1.81. The van der Waals surface area contributed by atoms with Gasteiger partial charge >= 0.3 is 0 Å². The van der Waals surface area contributed by atoms with E-state index in [-0.39, 0.29) is 6.61 Å². The topological polar surface area (TPSA) is 33.4 Å². The van der Waals surface area contributed by atoms with Crippen LogP contribution < -0.4 is 0 Å². The second kappa shape index (κ2) is 6.69. The Bertz CT molecular complexity index is 558. The van der Waals surface area contributed by atoms with E-state index in [1.165, 1.54) is 9.77 Å². The van der Waals surface area contributed by atoms with E-state index in [2.05, 4.69) is 17.2 Å². The highest BCUT2D eigenvalue weighted by Gasteiger charge is 2.06. The molecule has 0 aromatic carbocycles. The Balaban J connectivity index is 2.00. The van der Waals surface area contributed by atoms with E-state index < -0.39 is 0 Å². The van der Waals surface area contributed by atoms with Crippen molar-refractivity contribution >= 4 is 23.1 Å². The number of aliphatic hydroxyl groups is 1. The standard InChI is InChI=1S/C14H14O2S2/c1-11-13(5-8-16-11)18-10-14-12(6-9-17-14)4-2-3-7-15/h5-6,8-9,15H,3,7,10H2,1H3. The predicted molar refractivity (Wildman–Crippen MR) is 75.9 cm³/mol. The van der Waals surface area contributed by atoms with Crippen molar-refractivity contribution in [1.29, 1.82) is 0 Å². The van der Waals surface area contributed by atoms with Crippen molar-refractivity contribution < 1.29 is 9.52 Å². The van der Waals surface area contributed by atoms with Gasteiger partial charge in [-0.05, 0) is 24.4 Å². The molecule has 1 N–H and O–H groups in total. The van der Waals surface area contributed by atoms with E-state index in [0.29, 0.717) is 6.42 Å². The molecule has 2 aromatic rings. The highest BCUT2D eigenvalue weighted by atomic mass is 32.2. The lowest BCUT2D eigenvalue weighted by atomic mass is 10.2. The molecule has 0 unspecified atom stereocenters. The molecular formula is C14H14O2S2. The molecule has 2 nitrogen and oxygen atoms in total. The molecule has 0 fully saturated rings. The van der Waals surface area contributed by atoms with E-state index in [9.17, 15) is 0 Å². The first-order valence-corrected chi connectivity index (χ1v) is 7.51. The van der Waals surface area contributed by atoms with Gasteiger partial charge in [-0.3, -0.25) is 0 Å². The molecule has 18 heavy (non-hydrogen) atoms. The molecule has 0 saturated carbocycles. The fourth-order valence-corrected chi connectivity index (χ4v) is 3.35. The second-order valence-electron chi connectivity index (χ2n) is 3.66. The Labute approximate surface area is 115 Å². The van der Waals surface area contributed by atoms with Gasteiger partial charge in [0, 0.05) is 27.5 Å². The zero-order chi connectivity index (χ0) is 12.8. The van der Waals surface area contributed by atoms with Crippen LogP contribution >= 0.6 is 23.1 Å². The van der Waals surface area contributed by atoms with Crippen molar-refractivity contribution in [3.8, 4) is 11.8 Å². The molecule has 0 spiro atoms. The Hall–Kier alpha value is -1.15. The average molecular weight is 278 g/mol. The molecule has 0 amide bonds. The van der Waals surface area contributed by atoms with Crippen LogP contribution in [0.2, 0.25) is 0 Å². The Morgan fingerprint density at radius 3 is 3.06 bits per heavy atom. The maximum Gasteiger partial charge on any atom is 0.114 e.